The largest absolute Gasteiger partial charge is 0.336 e. The number of benzene rings is 5. The summed E-state index contributed by atoms with van der Waals surface area (Å²) in [5.74, 6) is 1.31. The van der Waals surface area contributed by atoms with Crippen LogP contribution in [0.3, 0.4) is 0 Å². The number of para-hydroxylation sites is 1. The highest BCUT2D eigenvalue weighted by atomic mass is 15.2. The molecule has 1 heterocycles. The van der Waals surface area contributed by atoms with Gasteiger partial charge in [0.1, 0.15) is 0 Å². The Bertz CT molecular complexity index is 2230. The van der Waals surface area contributed by atoms with Crippen molar-refractivity contribution in [3.05, 3.63) is 155 Å². The van der Waals surface area contributed by atoms with E-state index in [1.807, 2.05) is 6.08 Å². The second-order valence-corrected chi connectivity index (χ2v) is 15.1. The van der Waals surface area contributed by atoms with Gasteiger partial charge in [-0.3, -0.25) is 0 Å². The lowest BCUT2D eigenvalue weighted by molar-refractivity contribution is 0.398. The molecule has 1 aliphatic heterocycles. The summed E-state index contributed by atoms with van der Waals surface area (Å²) in [6.45, 7) is 9.66. The average Bonchev–Trinajstić information content (AvgIpc) is 3.16. The highest BCUT2D eigenvalue weighted by Crippen LogP contribution is 2.56. The fraction of sp³-hybridized carbons (Fsp3) is 0.292. The van der Waals surface area contributed by atoms with Crippen LogP contribution < -0.4 is 9.80 Å². The quantitative estimate of drug-likeness (QED) is 0.133. The van der Waals surface area contributed by atoms with Crippen LogP contribution in [0, 0.1) is 11.8 Å². The van der Waals surface area contributed by atoms with Crippen LogP contribution in [0.2, 0.25) is 0 Å². The van der Waals surface area contributed by atoms with Crippen molar-refractivity contribution in [1.82, 2.24) is 0 Å². The van der Waals surface area contributed by atoms with Crippen molar-refractivity contribution in [2.24, 2.45) is 11.8 Å². The molecule has 0 N–H and O–H groups in total. The van der Waals surface area contributed by atoms with Crippen LogP contribution in [0.4, 0.5) is 22.7 Å². The Morgan fingerprint density at radius 2 is 1.48 bits per heavy atom. The Morgan fingerprint density at radius 3 is 2.30 bits per heavy atom. The fourth-order valence-corrected chi connectivity index (χ4v) is 9.91. The molecule has 5 aromatic carbocycles. The third-order valence-corrected chi connectivity index (χ3v) is 12.2. The minimum atomic E-state index is 0.414. The molecule has 0 saturated heterocycles. The summed E-state index contributed by atoms with van der Waals surface area (Å²) in [5.41, 5.74) is 14.3. The maximum atomic E-state index is 4.03. The zero-order chi connectivity index (χ0) is 33.8. The van der Waals surface area contributed by atoms with Gasteiger partial charge in [-0.05, 0) is 121 Å². The monoisotopic (exact) mass is 652 g/mol. The lowest BCUT2D eigenvalue weighted by Gasteiger charge is -2.46. The minimum absolute atomic E-state index is 0.414. The predicted octanol–water partition coefficient (Wildman–Crippen LogP) is 12.6. The molecule has 0 spiro atoms. The summed E-state index contributed by atoms with van der Waals surface area (Å²) in [4.78, 5) is 5.32. The summed E-state index contributed by atoms with van der Waals surface area (Å²) in [6, 6.07) is 30.7. The van der Waals surface area contributed by atoms with E-state index < -0.39 is 0 Å². The van der Waals surface area contributed by atoms with Crippen LogP contribution in [0.15, 0.2) is 128 Å². The van der Waals surface area contributed by atoms with Crippen LogP contribution in [0.5, 0.6) is 0 Å². The lowest BCUT2D eigenvalue weighted by Crippen LogP contribution is -2.36. The zero-order valence-corrected chi connectivity index (χ0v) is 29.7. The Morgan fingerprint density at radius 1 is 0.760 bits per heavy atom. The summed E-state index contributed by atoms with van der Waals surface area (Å²) < 4.78 is 0. The first-order valence-electron chi connectivity index (χ1n) is 19.1. The Labute approximate surface area is 298 Å². The standard InChI is InChI=1S/C48H48N2/c1-4-5-14-29-49(43-27-16-21-34-18-8-9-23-38(34)43)47-39-24-10-11-25-40(39)48(42-31-36-20-7-6-19-35(36)30-41(42)47)50-44-26-13-12-22-37(44)33(3)46-32(2)17-15-28-45(46)50/h4-5,10-17,21-22,24-28,30-33,46H,1,6-9,18-20,23,29H2,2-3H3. The van der Waals surface area contributed by atoms with E-state index in [2.05, 4.69) is 139 Å². The van der Waals surface area contributed by atoms with Crippen molar-refractivity contribution in [3.8, 4) is 0 Å². The van der Waals surface area contributed by atoms with Gasteiger partial charge in [0, 0.05) is 51.1 Å². The molecule has 2 nitrogen and oxygen atoms in total. The second-order valence-electron chi connectivity index (χ2n) is 15.1. The molecule has 0 fully saturated rings. The van der Waals surface area contributed by atoms with Gasteiger partial charge in [0.05, 0.1) is 11.4 Å². The molecule has 3 unspecified atom stereocenters. The normalized spacial score (nSPS) is 21.0. The molecular weight excluding hydrogens is 605 g/mol. The molecule has 0 aromatic heterocycles. The van der Waals surface area contributed by atoms with Gasteiger partial charge < -0.3 is 9.80 Å². The number of anilines is 4. The molecule has 0 saturated carbocycles. The van der Waals surface area contributed by atoms with Gasteiger partial charge in [-0.25, -0.2) is 0 Å². The van der Waals surface area contributed by atoms with Crippen LogP contribution in [-0.4, -0.2) is 6.54 Å². The number of allylic oxidation sites excluding steroid dienone is 6. The molecule has 3 atom stereocenters. The van der Waals surface area contributed by atoms with Gasteiger partial charge in [-0.1, -0.05) is 105 Å². The van der Waals surface area contributed by atoms with Gasteiger partial charge in [-0.15, -0.1) is 0 Å². The number of hydrogen-bond donors (Lipinski definition) is 0. The van der Waals surface area contributed by atoms with E-state index in [9.17, 15) is 0 Å². The van der Waals surface area contributed by atoms with Crippen molar-refractivity contribution in [3.63, 3.8) is 0 Å². The van der Waals surface area contributed by atoms with Crippen LogP contribution in [0.25, 0.3) is 21.5 Å². The van der Waals surface area contributed by atoms with Crippen LogP contribution in [0.1, 0.15) is 73.3 Å². The predicted molar refractivity (Wildman–Crippen MR) is 214 cm³/mol. The first-order chi connectivity index (χ1) is 24.6. The molecule has 0 bridgehead atoms. The second kappa shape index (κ2) is 12.8. The summed E-state index contributed by atoms with van der Waals surface area (Å²) in [6.07, 6.45) is 23.1. The van der Waals surface area contributed by atoms with E-state index in [0.29, 0.717) is 17.8 Å². The van der Waals surface area contributed by atoms with Gasteiger partial charge >= 0.3 is 0 Å². The molecule has 2 heteroatoms. The number of aryl methyl sites for hydroxylation is 3. The lowest BCUT2D eigenvalue weighted by atomic mass is 9.71. The Balaban J connectivity index is 1.41. The highest BCUT2D eigenvalue weighted by Gasteiger charge is 2.40. The average molecular weight is 653 g/mol. The molecule has 0 radical (unpaired) electrons. The highest BCUT2D eigenvalue weighted by molar-refractivity contribution is 6.22. The van der Waals surface area contributed by atoms with Gasteiger partial charge in [-0.2, -0.15) is 0 Å². The van der Waals surface area contributed by atoms with Crippen molar-refractivity contribution in [1.29, 1.82) is 0 Å². The third kappa shape index (κ3) is 4.98. The van der Waals surface area contributed by atoms with Crippen molar-refractivity contribution in [2.45, 2.75) is 71.1 Å². The fourth-order valence-electron chi connectivity index (χ4n) is 9.91. The van der Waals surface area contributed by atoms with E-state index in [1.54, 1.807) is 0 Å². The molecule has 50 heavy (non-hydrogen) atoms. The van der Waals surface area contributed by atoms with Gasteiger partial charge in [0.15, 0.2) is 0 Å². The molecule has 250 valence electrons. The van der Waals surface area contributed by atoms with Gasteiger partial charge in [0.25, 0.3) is 0 Å². The Kier molecular flexibility index (Phi) is 7.99. The summed E-state index contributed by atoms with van der Waals surface area (Å²) in [5, 5.41) is 5.37. The summed E-state index contributed by atoms with van der Waals surface area (Å²) in [7, 11) is 0. The summed E-state index contributed by atoms with van der Waals surface area (Å²) >= 11 is 0. The number of nitrogens with zero attached hydrogens (tertiary/aromatic N) is 2. The molecule has 0 amide bonds. The number of rotatable bonds is 6. The topological polar surface area (TPSA) is 6.48 Å². The maximum Gasteiger partial charge on any atom is 0.0617 e. The first-order valence-corrected chi connectivity index (χ1v) is 19.1. The van der Waals surface area contributed by atoms with E-state index >= 15 is 0 Å². The number of hydrogen-bond acceptors (Lipinski definition) is 2. The zero-order valence-electron chi connectivity index (χ0n) is 29.7. The van der Waals surface area contributed by atoms with E-state index in [0.717, 1.165) is 25.8 Å². The molecule has 5 aromatic rings. The third-order valence-electron chi connectivity index (χ3n) is 12.2. The van der Waals surface area contributed by atoms with Crippen molar-refractivity contribution < 1.29 is 0 Å². The molecule has 3 aliphatic carbocycles. The first kappa shape index (κ1) is 31.2. The molecular formula is C48H48N2. The Hall–Kier alpha value is -4.82. The van der Waals surface area contributed by atoms with Crippen LogP contribution in [-0.2, 0) is 25.7 Å². The smallest absolute Gasteiger partial charge is 0.0617 e. The van der Waals surface area contributed by atoms with E-state index in [4.69, 9.17) is 0 Å². The maximum absolute atomic E-state index is 4.03. The van der Waals surface area contributed by atoms with Crippen LogP contribution >= 0.6 is 0 Å². The minimum Gasteiger partial charge on any atom is -0.336 e. The SMILES string of the molecule is C=CC=CCN(c1cccc2c1CCCC2)c1c2ccccc2c(N2C3=CC=CC(C)C3C(C)c3ccccc32)c2cc3c(cc12)CCCC3. The van der Waals surface area contributed by atoms with Gasteiger partial charge in [0.2, 0.25) is 0 Å². The van der Waals surface area contributed by atoms with Crippen molar-refractivity contribution >= 4 is 44.3 Å². The molecule has 4 aliphatic rings. The van der Waals surface area contributed by atoms with Crippen molar-refractivity contribution in [2.75, 3.05) is 16.3 Å². The van der Waals surface area contributed by atoms with E-state index in [1.165, 1.54) is 110 Å². The number of fused-ring (bicyclic) bond motifs is 6. The van der Waals surface area contributed by atoms with E-state index in [-0.39, 0.29) is 0 Å². The molecule has 9 rings (SSSR count).